The van der Waals surface area contributed by atoms with Crippen molar-refractivity contribution in [1.29, 1.82) is 0 Å². The summed E-state index contributed by atoms with van der Waals surface area (Å²) in [5.41, 5.74) is 3.35. The third-order valence-electron chi connectivity index (χ3n) is 3.53. The Balaban J connectivity index is 2.92. The molecule has 1 aromatic carbocycles. The van der Waals surface area contributed by atoms with E-state index in [0.717, 1.165) is 35.5 Å². The molecule has 0 unspecified atom stereocenters. The third-order valence-corrected chi connectivity index (χ3v) is 3.53. The number of hydrogen-bond acceptors (Lipinski definition) is 2. The van der Waals surface area contributed by atoms with Crippen molar-refractivity contribution in [2.45, 2.75) is 34.1 Å². The molecule has 0 N–H and O–H groups in total. The van der Waals surface area contributed by atoms with Gasteiger partial charge in [-0.25, -0.2) is 0 Å². The fraction of sp³-hybridized carbons (Fsp3) is 0.533. The molecule has 0 aliphatic heterocycles. The molecule has 1 aromatic rings. The molecular weight excluding hydrogens is 226 g/mol. The molecule has 0 aliphatic rings. The minimum atomic E-state index is 0.188. The van der Waals surface area contributed by atoms with E-state index in [4.69, 9.17) is 4.74 Å². The molecule has 0 radical (unpaired) electrons. The molecule has 0 saturated carbocycles. The molecule has 0 saturated heterocycles. The number of likely N-dealkylation sites (N-methyl/N-ethyl adjacent to an activating group) is 1. The van der Waals surface area contributed by atoms with E-state index in [0.29, 0.717) is 6.42 Å². The maximum Gasteiger partial charge on any atom is 0.226 e. The van der Waals surface area contributed by atoms with Crippen LogP contribution >= 0.6 is 0 Å². The maximum atomic E-state index is 12.1. The summed E-state index contributed by atoms with van der Waals surface area (Å²) in [7, 11) is 1.67. The normalized spacial score (nSPS) is 10.3. The molecule has 0 aliphatic carbocycles. The van der Waals surface area contributed by atoms with Crippen molar-refractivity contribution >= 4 is 5.91 Å². The summed E-state index contributed by atoms with van der Waals surface area (Å²) >= 11 is 0. The minimum Gasteiger partial charge on any atom is -0.496 e. The van der Waals surface area contributed by atoms with Gasteiger partial charge in [0.1, 0.15) is 5.75 Å². The summed E-state index contributed by atoms with van der Waals surface area (Å²) in [5.74, 6) is 1.07. The van der Waals surface area contributed by atoms with Crippen LogP contribution in [-0.4, -0.2) is 31.0 Å². The van der Waals surface area contributed by atoms with Crippen molar-refractivity contribution in [1.82, 2.24) is 4.90 Å². The Bertz CT molecular complexity index is 423. The van der Waals surface area contributed by atoms with E-state index >= 15 is 0 Å². The van der Waals surface area contributed by atoms with Crippen molar-refractivity contribution in [3.8, 4) is 5.75 Å². The lowest BCUT2D eigenvalue weighted by Crippen LogP contribution is -2.31. The zero-order chi connectivity index (χ0) is 13.7. The second-order valence-corrected chi connectivity index (χ2v) is 4.42. The molecular formula is C15H23NO2. The predicted octanol–water partition coefficient (Wildman–Crippen LogP) is 2.72. The molecule has 18 heavy (non-hydrogen) atoms. The smallest absolute Gasteiger partial charge is 0.226 e. The van der Waals surface area contributed by atoms with Crippen LogP contribution in [0.3, 0.4) is 0 Å². The first-order valence-corrected chi connectivity index (χ1v) is 6.45. The van der Waals surface area contributed by atoms with Gasteiger partial charge in [-0.3, -0.25) is 4.79 Å². The molecule has 0 bridgehead atoms. The number of ether oxygens (including phenoxy) is 1. The zero-order valence-corrected chi connectivity index (χ0v) is 12.0. The van der Waals surface area contributed by atoms with Gasteiger partial charge in [-0.2, -0.15) is 0 Å². The van der Waals surface area contributed by atoms with Gasteiger partial charge in [-0.1, -0.05) is 6.07 Å². The zero-order valence-electron chi connectivity index (χ0n) is 12.0. The van der Waals surface area contributed by atoms with Crippen molar-refractivity contribution in [2.75, 3.05) is 20.2 Å². The van der Waals surface area contributed by atoms with E-state index in [2.05, 4.69) is 0 Å². The summed E-state index contributed by atoms with van der Waals surface area (Å²) in [6.07, 6.45) is 0.471. The first kappa shape index (κ1) is 14.6. The Morgan fingerprint density at radius 2 is 1.78 bits per heavy atom. The highest BCUT2D eigenvalue weighted by Crippen LogP contribution is 2.24. The lowest BCUT2D eigenvalue weighted by molar-refractivity contribution is -0.130. The van der Waals surface area contributed by atoms with E-state index in [1.54, 1.807) is 7.11 Å². The van der Waals surface area contributed by atoms with Gasteiger partial charge in [0.05, 0.1) is 13.5 Å². The van der Waals surface area contributed by atoms with Crippen LogP contribution in [0.4, 0.5) is 0 Å². The molecule has 1 amide bonds. The van der Waals surface area contributed by atoms with Crippen LogP contribution in [0.1, 0.15) is 30.5 Å². The van der Waals surface area contributed by atoms with Gasteiger partial charge in [0.25, 0.3) is 0 Å². The molecule has 0 heterocycles. The van der Waals surface area contributed by atoms with Crippen LogP contribution in [0.15, 0.2) is 12.1 Å². The van der Waals surface area contributed by atoms with Crippen molar-refractivity contribution < 1.29 is 9.53 Å². The molecule has 3 nitrogen and oxygen atoms in total. The minimum absolute atomic E-state index is 0.188. The van der Waals surface area contributed by atoms with E-state index in [9.17, 15) is 4.79 Å². The molecule has 0 fully saturated rings. The summed E-state index contributed by atoms with van der Waals surface area (Å²) in [6, 6.07) is 3.93. The summed E-state index contributed by atoms with van der Waals surface area (Å²) in [6.45, 7) is 9.62. The van der Waals surface area contributed by atoms with Gasteiger partial charge in [0.2, 0.25) is 5.91 Å². The third kappa shape index (κ3) is 3.03. The highest BCUT2D eigenvalue weighted by atomic mass is 16.5. The Morgan fingerprint density at radius 1 is 1.17 bits per heavy atom. The summed E-state index contributed by atoms with van der Waals surface area (Å²) in [5, 5.41) is 0. The number of carbonyl (C=O) groups excluding carboxylic acids is 1. The number of nitrogens with zero attached hydrogens (tertiary/aromatic N) is 1. The van der Waals surface area contributed by atoms with Gasteiger partial charge in [0.15, 0.2) is 0 Å². The van der Waals surface area contributed by atoms with E-state index < -0.39 is 0 Å². The quantitative estimate of drug-likeness (QED) is 0.803. The topological polar surface area (TPSA) is 29.5 Å². The number of benzene rings is 1. The van der Waals surface area contributed by atoms with Crippen LogP contribution in [-0.2, 0) is 11.2 Å². The van der Waals surface area contributed by atoms with Gasteiger partial charge in [-0.05, 0) is 50.5 Å². The summed E-state index contributed by atoms with van der Waals surface area (Å²) in [4.78, 5) is 13.9. The highest BCUT2D eigenvalue weighted by molar-refractivity contribution is 5.79. The predicted molar refractivity (Wildman–Crippen MR) is 74.1 cm³/mol. The maximum absolute atomic E-state index is 12.1. The molecule has 3 heteroatoms. The largest absolute Gasteiger partial charge is 0.496 e. The van der Waals surface area contributed by atoms with E-state index in [-0.39, 0.29) is 5.91 Å². The van der Waals surface area contributed by atoms with Crippen LogP contribution in [0.5, 0.6) is 5.75 Å². The average Bonchev–Trinajstić information content (AvgIpc) is 2.37. The Labute approximate surface area is 110 Å². The number of amides is 1. The van der Waals surface area contributed by atoms with Crippen LogP contribution in [0.2, 0.25) is 0 Å². The van der Waals surface area contributed by atoms with E-state index in [1.165, 1.54) is 0 Å². The van der Waals surface area contributed by atoms with Crippen LogP contribution in [0, 0.1) is 13.8 Å². The molecule has 0 spiro atoms. The van der Waals surface area contributed by atoms with Crippen molar-refractivity contribution in [3.05, 3.63) is 28.8 Å². The van der Waals surface area contributed by atoms with Gasteiger partial charge in [0, 0.05) is 13.1 Å². The average molecular weight is 249 g/mol. The molecule has 0 aromatic heterocycles. The van der Waals surface area contributed by atoms with Crippen LogP contribution in [0.25, 0.3) is 0 Å². The number of rotatable bonds is 5. The number of methoxy groups -OCH3 is 1. The first-order chi connectivity index (χ1) is 8.54. The second-order valence-electron chi connectivity index (χ2n) is 4.42. The Hall–Kier alpha value is -1.51. The molecule has 100 valence electrons. The van der Waals surface area contributed by atoms with E-state index in [1.807, 2.05) is 44.7 Å². The first-order valence-electron chi connectivity index (χ1n) is 6.45. The second kappa shape index (κ2) is 6.43. The van der Waals surface area contributed by atoms with Crippen LogP contribution < -0.4 is 4.74 Å². The Kier molecular flexibility index (Phi) is 5.20. The highest BCUT2D eigenvalue weighted by Gasteiger charge is 2.13. The molecule has 0 atom stereocenters. The molecule has 1 rings (SSSR count). The number of hydrogen-bond donors (Lipinski definition) is 0. The van der Waals surface area contributed by atoms with Crippen molar-refractivity contribution in [2.24, 2.45) is 0 Å². The lowest BCUT2D eigenvalue weighted by Gasteiger charge is -2.20. The SMILES string of the molecule is CCN(CC)C(=O)Cc1ccc(OC)c(C)c1C. The van der Waals surface area contributed by atoms with Gasteiger partial charge < -0.3 is 9.64 Å². The lowest BCUT2D eigenvalue weighted by atomic mass is 9.99. The fourth-order valence-corrected chi connectivity index (χ4v) is 2.12. The van der Waals surface area contributed by atoms with Crippen molar-refractivity contribution in [3.63, 3.8) is 0 Å². The van der Waals surface area contributed by atoms with Gasteiger partial charge in [-0.15, -0.1) is 0 Å². The fourth-order valence-electron chi connectivity index (χ4n) is 2.12. The van der Waals surface area contributed by atoms with Gasteiger partial charge >= 0.3 is 0 Å². The Morgan fingerprint density at radius 3 is 2.28 bits per heavy atom. The monoisotopic (exact) mass is 249 g/mol. The number of carbonyl (C=O) groups is 1. The summed E-state index contributed by atoms with van der Waals surface area (Å²) < 4.78 is 5.28. The standard InChI is InChI=1S/C15H23NO2/c1-6-16(7-2)15(17)10-13-8-9-14(18-5)12(4)11(13)3/h8-9H,6-7,10H2,1-5H3.